The van der Waals surface area contributed by atoms with Crippen molar-refractivity contribution in [1.29, 1.82) is 0 Å². The van der Waals surface area contributed by atoms with Gasteiger partial charge in [-0.05, 0) is 66.4 Å². The summed E-state index contributed by atoms with van der Waals surface area (Å²) in [6, 6.07) is 0.147. The molecule has 0 amide bonds. The van der Waals surface area contributed by atoms with Crippen molar-refractivity contribution in [2.45, 2.75) is 56.9 Å². The number of ketones is 1. The second-order valence-corrected chi connectivity index (χ2v) is 9.87. The number of nitrogens with two attached hydrogens (primary N) is 1. The topological polar surface area (TPSA) is 123 Å². The number of nitrogen functional groups attached to an aromatic ring is 1. The lowest BCUT2D eigenvalue weighted by atomic mass is 9.78. The standard InChI is InChI=1S/C25H26BrN5O3/c26-20-21(15-6-8-16(9-7-15)22(32)25(33)34)30-24-18(13-29-31(24)23(20)27)17-10-11-19(28-12-17)14-4-2-1-3-5-14/h2,4-5,10,12-13,15-16,19H,1,3,6-9,11,27H2,(H,33,34). The van der Waals surface area contributed by atoms with Crippen molar-refractivity contribution in [3.8, 4) is 0 Å². The molecule has 3 aliphatic rings. The minimum Gasteiger partial charge on any atom is -0.475 e. The van der Waals surface area contributed by atoms with E-state index in [9.17, 15) is 9.59 Å². The van der Waals surface area contributed by atoms with Crippen LogP contribution in [0.25, 0.3) is 11.2 Å². The van der Waals surface area contributed by atoms with E-state index in [2.05, 4.69) is 45.3 Å². The molecule has 176 valence electrons. The van der Waals surface area contributed by atoms with Crippen molar-refractivity contribution in [1.82, 2.24) is 14.6 Å². The van der Waals surface area contributed by atoms with Gasteiger partial charge in [0.15, 0.2) is 5.65 Å². The Morgan fingerprint density at radius 2 is 1.94 bits per heavy atom. The number of aliphatic imine (C=N–C) groups is 1. The van der Waals surface area contributed by atoms with Gasteiger partial charge in [-0.25, -0.2) is 9.78 Å². The summed E-state index contributed by atoms with van der Waals surface area (Å²) < 4.78 is 2.33. The number of carboxylic acid groups (broad SMARTS) is 1. The summed E-state index contributed by atoms with van der Waals surface area (Å²) >= 11 is 3.60. The Labute approximate surface area is 205 Å². The number of dihydropyridines is 1. The van der Waals surface area contributed by atoms with Gasteiger partial charge in [0.05, 0.1) is 22.4 Å². The minimum atomic E-state index is -1.35. The number of fused-ring (bicyclic) bond motifs is 1. The monoisotopic (exact) mass is 523 g/mol. The first-order valence-electron chi connectivity index (χ1n) is 11.6. The van der Waals surface area contributed by atoms with Crippen molar-refractivity contribution in [3.63, 3.8) is 0 Å². The second-order valence-electron chi connectivity index (χ2n) is 9.08. The maximum atomic E-state index is 11.9. The van der Waals surface area contributed by atoms with E-state index in [0.29, 0.717) is 41.6 Å². The van der Waals surface area contributed by atoms with E-state index in [1.807, 2.05) is 6.21 Å². The Kier molecular flexibility index (Phi) is 6.20. The number of carbonyl (C=O) groups excluding carboxylic acids is 1. The number of hydrogen-bond donors (Lipinski definition) is 2. The van der Waals surface area contributed by atoms with Gasteiger partial charge in [0.2, 0.25) is 5.78 Å². The number of halogens is 1. The predicted octanol–water partition coefficient (Wildman–Crippen LogP) is 4.50. The molecule has 3 heterocycles. The number of aromatic nitrogens is 3. The van der Waals surface area contributed by atoms with Crippen molar-refractivity contribution >= 4 is 50.9 Å². The highest BCUT2D eigenvalue weighted by Gasteiger charge is 2.32. The number of carboxylic acids is 1. The number of aliphatic carboxylic acids is 1. The van der Waals surface area contributed by atoms with Crippen molar-refractivity contribution in [2.24, 2.45) is 10.9 Å². The highest BCUT2D eigenvalue weighted by atomic mass is 79.9. The highest BCUT2D eigenvalue weighted by molar-refractivity contribution is 9.10. The summed E-state index contributed by atoms with van der Waals surface area (Å²) in [7, 11) is 0. The summed E-state index contributed by atoms with van der Waals surface area (Å²) in [5.74, 6) is -1.91. The zero-order valence-electron chi connectivity index (χ0n) is 18.7. The Balaban J connectivity index is 1.41. The quantitative estimate of drug-likeness (QED) is 0.556. The van der Waals surface area contributed by atoms with Gasteiger partial charge in [-0.2, -0.15) is 9.61 Å². The number of allylic oxidation sites excluding steroid dienone is 3. The molecule has 1 aliphatic heterocycles. The van der Waals surface area contributed by atoms with Gasteiger partial charge in [0, 0.05) is 29.2 Å². The van der Waals surface area contributed by atoms with E-state index in [1.54, 1.807) is 10.7 Å². The van der Waals surface area contributed by atoms with Gasteiger partial charge in [0.1, 0.15) is 5.82 Å². The Morgan fingerprint density at radius 1 is 1.15 bits per heavy atom. The van der Waals surface area contributed by atoms with Crippen LogP contribution in [0.2, 0.25) is 0 Å². The number of nitrogens with zero attached hydrogens (tertiary/aromatic N) is 4. The molecule has 2 aromatic heterocycles. The third kappa shape index (κ3) is 4.13. The minimum absolute atomic E-state index is 0.0886. The van der Waals surface area contributed by atoms with Gasteiger partial charge >= 0.3 is 5.97 Å². The first-order chi connectivity index (χ1) is 16.4. The van der Waals surface area contributed by atoms with E-state index >= 15 is 0 Å². The fourth-order valence-corrected chi connectivity index (χ4v) is 5.68. The molecular weight excluding hydrogens is 498 g/mol. The fraction of sp³-hybridized carbons (Fsp3) is 0.400. The summed E-state index contributed by atoms with van der Waals surface area (Å²) in [6.07, 6.45) is 17.9. The third-order valence-electron chi connectivity index (χ3n) is 7.02. The summed E-state index contributed by atoms with van der Waals surface area (Å²) in [5, 5.41) is 13.5. The van der Waals surface area contributed by atoms with E-state index < -0.39 is 17.7 Å². The average Bonchev–Trinajstić information content (AvgIpc) is 3.30. The highest BCUT2D eigenvalue weighted by Crippen LogP contribution is 2.40. The van der Waals surface area contributed by atoms with Crippen molar-refractivity contribution in [3.05, 3.63) is 51.8 Å². The molecule has 0 bridgehead atoms. The SMILES string of the molecule is Nc1c(Br)c(C2CCC(C(=O)C(=O)O)CC2)nc2c(C3=CCC(C4=CCCC=C4)N=C3)cnn12. The lowest BCUT2D eigenvalue weighted by molar-refractivity contribution is -0.151. The Hall–Kier alpha value is -3.07. The second kappa shape index (κ2) is 9.29. The number of carbonyl (C=O) groups is 2. The van der Waals surface area contributed by atoms with E-state index in [4.69, 9.17) is 20.8 Å². The molecule has 9 heteroatoms. The van der Waals surface area contributed by atoms with Gasteiger partial charge in [-0.3, -0.25) is 9.79 Å². The van der Waals surface area contributed by atoms with Gasteiger partial charge < -0.3 is 10.8 Å². The maximum Gasteiger partial charge on any atom is 0.372 e. The van der Waals surface area contributed by atoms with Crippen LogP contribution >= 0.6 is 15.9 Å². The molecule has 1 fully saturated rings. The van der Waals surface area contributed by atoms with Crippen LogP contribution in [0.3, 0.4) is 0 Å². The summed E-state index contributed by atoms with van der Waals surface area (Å²) in [4.78, 5) is 32.7. The van der Waals surface area contributed by atoms with Crippen LogP contribution in [-0.4, -0.2) is 43.7 Å². The smallest absolute Gasteiger partial charge is 0.372 e. The molecule has 1 saturated carbocycles. The molecule has 3 N–H and O–H groups in total. The van der Waals surface area contributed by atoms with Gasteiger partial charge in [-0.15, -0.1) is 0 Å². The van der Waals surface area contributed by atoms with Crippen LogP contribution in [0.15, 0.2) is 45.5 Å². The Morgan fingerprint density at radius 3 is 2.59 bits per heavy atom. The maximum absolute atomic E-state index is 11.9. The van der Waals surface area contributed by atoms with Crippen LogP contribution in [0.1, 0.15) is 62.1 Å². The molecule has 0 spiro atoms. The first-order valence-corrected chi connectivity index (χ1v) is 12.4. The van der Waals surface area contributed by atoms with Crippen LogP contribution in [0.4, 0.5) is 5.82 Å². The predicted molar refractivity (Wildman–Crippen MR) is 134 cm³/mol. The van der Waals surface area contributed by atoms with Crippen LogP contribution in [0, 0.1) is 5.92 Å². The van der Waals surface area contributed by atoms with Gasteiger partial charge in [0.25, 0.3) is 0 Å². The normalized spacial score (nSPS) is 24.7. The third-order valence-corrected chi connectivity index (χ3v) is 7.83. The van der Waals surface area contributed by atoms with E-state index in [1.165, 1.54) is 5.57 Å². The summed E-state index contributed by atoms with van der Waals surface area (Å²) in [6.45, 7) is 0. The van der Waals surface area contributed by atoms with Crippen LogP contribution < -0.4 is 5.73 Å². The molecule has 34 heavy (non-hydrogen) atoms. The Bertz CT molecular complexity index is 1280. The molecule has 0 aromatic carbocycles. The largest absolute Gasteiger partial charge is 0.475 e. The molecule has 5 rings (SSSR count). The fourth-order valence-electron chi connectivity index (χ4n) is 5.10. The summed E-state index contributed by atoms with van der Waals surface area (Å²) in [5.41, 5.74) is 11.0. The molecule has 1 unspecified atom stereocenters. The molecule has 2 aliphatic carbocycles. The van der Waals surface area contributed by atoms with Crippen molar-refractivity contribution in [2.75, 3.05) is 5.73 Å². The zero-order valence-corrected chi connectivity index (χ0v) is 20.2. The molecule has 8 nitrogen and oxygen atoms in total. The molecule has 0 saturated heterocycles. The number of rotatable bonds is 5. The van der Waals surface area contributed by atoms with Crippen molar-refractivity contribution < 1.29 is 14.7 Å². The lowest BCUT2D eigenvalue weighted by Gasteiger charge is -2.27. The van der Waals surface area contributed by atoms with Crippen LogP contribution in [0.5, 0.6) is 0 Å². The molecule has 1 atom stereocenters. The number of anilines is 1. The average molecular weight is 524 g/mol. The number of Topliss-reactive ketones (excluding diaryl/α,β-unsaturated/α-hetero) is 1. The number of hydrogen-bond acceptors (Lipinski definition) is 6. The lowest BCUT2D eigenvalue weighted by Crippen LogP contribution is -2.27. The van der Waals surface area contributed by atoms with E-state index in [0.717, 1.165) is 36.1 Å². The van der Waals surface area contributed by atoms with E-state index in [-0.39, 0.29) is 12.0 Å². The van der Waals surface area contributed by atoms with Crippen LogP contribution in [-0.2, 0) is 9.59 Å². The zero-order chi connectivity index (χ0) is 23.8. The first kappa shape index (κ1) is 22.7. The van der Waals surface area contributed by atoms with Gasteiger partial charge in [-0.1, -0.05) is 24.3 Å². The molecule has 0 radical (unpaired) electrons. The molecular formula is C25H26BrN5O3. The molecule has 2 aromatic rings.